The third kappa shape index (κ3) is 9.09. The molecule has 0 aliphatic carbocycles. The van der Waals surface area contributed by atoms with Crippen LogP contribution in [0.25, 0.3) is 0 Å². The van der Waals surface area contributed by atoms with E-state index in [2.05, 4.69) is 0 Å². The van der Waals surface area contributed by atoms with E-state index in [0.29, 0.717) is 6.42 Å². The molecule has 1 atom stereocenters. The SMILES string of the molecule is CC(C)(C)CC(C(=O)OC(C)(C)CS(=O)(=O)O)C(C)(C)C. The summed E-state index contributed by atoms with van der Waals surface area (Å²) in [7, 11) is -4.20. The zero-order chi connectivity index (χ0) is 17.3. The minimum atomic E-state index is -4.20. The Kier molecular flexibility index (Phi) is 6.06. The molecule has 6 heteroatoms. The molecule has 0 spiro atoms. The second kappa shape index (κ2) is 6.24. The van der Waals surface area contributed by atoms with Gasteiger partial charge in [-0.2, -0.15) is 8.42 Å². The fraction of sp³-hybridized carbons (Fsp3) is 0.933. The first-order chi connectivity index (χ1) is 8.93. The summed E-state index contributed by atoms with van der Waals surface area (Å²) in [5.74, 6) is -1.39. The van der Waals surface area contributed by atoms with Gasteiger partial charge in [0.15, 0.2) is 0 Å². The van der Waals surface area contributed by atoms with Crippen LogP contribution >= 0.6 is 0 Å². The summed E-state index contributed by atoms with van der Waals surface area (Å²) in [5, 5.41) is 0. The molecule has 0 saturated carbocycles. The van der Waals surface area contributed by atoms with Crippen molar-refractivity contribution in [2.45, 2.75) is 67.4 Å². The molecule has 0 aromatic heterocycles. The lowest BCUT2D eigenvalue weighted by Gasteiger charge is -2.36. The van der Waals surface area contributed by atoms with Gasteiger partial charge in [-0.05, 0) is 31.1 Å². The summed E-state index contributed by atoms with van der Waals surface area (Å²) in [6.07, 6.45) is 0.636. The van der Waals surface area contributed by atoms with Gasteiger partial charge in [0.1, 0.15) is 11.4 Å². The Balaban J connectivity index is 5.16. The van der Waals surface area contributed by atoms with E-state index in [9.17, 15) is 13.2 Å². The topological polar surface area (TPSA) is 80.7 Å². The maximum atomic E-state index is 12.5. The zero-order valence-electron chi connectivity index (χ0n) is 14.5. The minimum absolute atomic E-state index is 0.0514. The van der Waals surface area contributed by atoms with Gasteiger partial charge >= 0.3 is 5.97 Å². The van der Waals surface area contributed by atoms with Gasteiger partial charge in [-0.1, -0.05) is 41.5 Å². The fourth-order valence-corrected chi connectivity index (χ4v) is 3.11. The molecule has 0 fully saturated rings. The quantitative estimate of drug-likeness (QED) is 0.620. The van der Waals surface area contributed by atoms with Crippen LogP contribution in [0.4, 0.5) is 0 Å². The highest BCUT2D eigenvalue weighted by molar-refractivity contribution is 7.85. The molecule has 0 radical (unpaired) electrons. The molecular formula is C15H30O5S. The molecule has 0 bridgehead atoms. The van der Waals surface area contributed by atoms with Crippen LogP contribution in [0.15, 0.2) is 0 Å². The Hall–Kier alpha value is -0.620. The average molecular weight is 322 g/mol. The highest BCUT2D eigenvalue weighted by atomic mass is 32.2. The van der Waals surface area contributed by atoms with E-state index in [4.69, 9.17) is 9.29 Å². The predicted molar refractivity (Wildman–Crippen MR) is 83.6 cm³/mol. The molecule has 126 valence electrons. The third-order valence-corrected chi connectivity index (χ3v) is 4.11. The smallest absolute Gasteiger partial charge is 0.310 e. The molecule has 0 aliphatic rings. The van der Waals surface area contributed by atoms with E-state index in [1.54, 1.807) is 0 Å². The van der Waals surface area contributed by atoms with Gasteiger partial charge in [-0.3, -0.25) is 9.35 Å². The highest BCUT2D eigenvalue weighted by Gasteiger charge is 2.39. The van der Waals surface area contributed by atoms with Gasteiger partial charge in [0.2, 0.25) is 0 Å². The first-order valence-electron chi connectivity index (χ1n) is 7.11. The summed E-state index contributed by atoms with van der Waals surface area (Å²) in [4.78, 5) is 12.5. The zero-order valence-corrected chi connectivity index (χ0v) is 15.3. The summed E-state index contributed by atoms with van der Waals surface area (Å²) in [5.41, 5.74) is -1.60. The van der Waals surface area contributed by atoms with E-state index < -0.39 is 27.4 Å². The van der Waals surface area contributed by atoms with Gasteiger partial charge in [-0.25, -0.2) is 0 Å². The van der Waals surface area contributed by atoms with Crippen LogP contribution in [0, 0.1) is 16.7 Å². The average Bonchev–Trinajstić information content (AvgIpc) is 2.05. The van der Waals surface area contributed by atoms with Crippen molar-refractivity contribution in [3.8, 4) is 0 Å². The highest BCUT2D eigenvalue weighted by Crippen LogP contribution is 2.37. The standard InChI is InChI=1S/C15H30O5S/c1-13(2,3)9-11(14(4,5)6)12(16)20-15(7,8)10-21(17,18)19/h11H,9-10H2,1-8H3,(H,17,18,19). The molecule has 1 N–H and O–H groups in total. The van der Waals surface area contributed by atoms with E-state index >= 15 is 0 Å². The van der Waals surface area contributed by atoms with Crippen molar-refractivity contribution in [2.24, 2.45) is 16.7 Å². The predicted octanol–water partition coefficient (Wildman–Crippen LogP) is 3.29. The molecule has 0 aliphatic heterocycles. The number of ether oxygens (including phenoxy) is 1. The van der Waals surface area contributed by atoms with E-state index in [1.165, 1.54) is 13.8 Å². The maximum Gasteiger partial charge on any atom is 0.310 e. The van der Waals surface area contributed by atoms with Crippen LogP contribution in [-0.2, 0) is 19.6 Å². The number of hydrogen-bond donors (Lipinski definition) is 1. The third-order valence-electron chi connectivity index (χ3n) is 3.05. The van der Waals surface area contributed by atoms with Gasteiger partial charge < -0.3 is 4.74 Å². The number of hydrogen-bond acceptors (Lipinski definition) is 4. The van der Waals surface area contributed by atoms with Gasteiger partial charge in [0.05, 0.1) is 5.92 Å². The van der Waals surface area contributed by atoms with Crippen LogP contribution < -0.4 is 0 Å². The number of esters is 1. The summed E-state index contributed by atoms with van der Waals surface area (Å²) in [6, 6.07) is 0. The fourth-order valence-electron chi connectivity index (χ4n) is 2.17. The number of carbonyl (C=O) groups is 1. The molecule has 5 nitrogen and oxygen atoms in total. The summed E-state index contributed by atoms with van der Waals surface area (Å²) >= 11 is 0. The van der Waals surface area contributed by atoms with Crippen LogP contribution in [-0.4, -0.2) is 30.3 Å². The Bertz CT molecular complexity index is 463. The van der Waals surface area contributed by atoms with Crippen molar-refractivity contribution in [3.05, 3.63) is 0 Å². The van der Waals surface area contributed by atoms with E-state index in [0.717, 1.165) is 0 Å². The lowest BCUT2D eigenvalue weighted by Crippen LogP contribution is -2.41. The van der Waals surface area contributed by atoms with Gasteiger partial charge in [0.25, 0.3) is 10.1 Å². The molecule has 0 amide bonds. The van der Waals surface area contributed by atoms with E-state index in [1.807, 2.05) is 41.5 Å². The Morgan fingerprint density at radius 2 is 1.48 bits per heavy atom. The van der Waals surface area contributed by atoms with Gasteiger partial charge in [-0.15, -0.1) is 0 Å². The molecule has 0 aromatic carbocycles. The Morgan fingerprint density at radius 3 is 1.76 bits per heavy atom. The lowest BCUT2D eigenvalue weighted by atomic mass is 9.72. The van der Waals surface area contributed by atoms with Crippen molar-refractivity contribution in [2.75, 3.05) is 5.75 Å². The van der Waals surface area contributed by atoms with Crippen LogP contribution in [0.5, 0.6) is 0 Å². The van der Waals surface area contributed by atoms with Crippen molar-refractivity contribution in [1.29, 1.82) is 0 Å². The monoisotopic (exact) mass is 322 g/mol. The first kappa shape index (κ1) is 20.4. The van der Waals surface area contributed by atoms with Crippen molar-refractivity contribution in [3.63, 3.8) is 0 Å². The second-order valence-electron chi connectivity index (χ2n) is 8.59. The maximum absolute atomic E-state index is 12.5. The molecule has 1 unspecified atom stereocenters. The molecular weight excluding hydrogens is 292 g/mol. The van der Waals surface area contributed by atoms with Crippen LogP contribution in [0.2, 0.25) is 0 Å². The Labute approximate surface area is 129 Å². The van der Waals surface area contributed by atoms with Gasteiger partial charge in [0, 0.05) is 0 Å². The summed E-state index contributed by atoms with van der Waals surface area (Å²) < 4.78 is 36.3. The van der Waals surface area contributed by atoms with Crippen molar-refractivity contribution >= 4 is 16.1 Å². The molecule has 21 heavy (non-hydrogen) atoms. The first-order valence-corrected chi connectivity index (χ1v) is 8.72. The second-order valence-corrected chi connectivity index (χ2v) is 10.0. The molecule has 0 aromatic rings. The minimum Gasteiger partial charge on any atom is -0.458 e. The number of carbonyl (C=O) groups excluding carboxylic acids is 1. The largest absolute Gasteiger partial charge is 0.458 e. The number of rotatable bonds is 5. The molecule has 0 saturated heterocycles. The summed E-state index contributed by atoms with van der Waals surface area (Å²) in [6.45, 7) is 15.0. The molecule has 0 rings (SSSR count). The van der Waals surface area contributed by atoms with E-state index in [-0.39, 0.29) is 16.7 Å². The normalized spacial score (nSPS) is 15.7. The van der Waals surface area contributed by atoms with Crippen LogP contribution in [0.3, 0.4) is 0 Å². The van der Waals surface area contributed by atoms with Crippen molar-refractivity contribution in [1.82, 2.24) is 0 Å². The van der Waals surface area contributed by atoms with Crippen molar-refractivity contribution < 1.29 is 22.5 Å². The lowest BCUT2D eigenvalue weighted by molar-refractivity contribution is -0.165. The molecule has 0 heterocycles. The Morgan fingerprint density at radius 1 is 1.05 bits per heavy atom. The van der Waals surface area contributed by atoms with Crippen LogP contribution in [0.1, 0.15) is 61.8 Å².